The van der Waals surface area contributed by atoms with Crippen molar-refractivity contribution in [3.05, 3.63) is 93.3 Å². The average molecular weight is 407 g/mol. The van der Waals surface area contributed by atoms with E-state index in [9.17, 15) is 19.7 Å². The maximum absolute atomic E-state index is 13.3. The topological polar surface area (TPSA) is 94.7 Å². The van der Waals surface area contributed by atoms with Gasteiger partial charge in [-0.2, -0.15) is 0 Å². The normalized spacial score (nSPS) is 10.5. The molecule has 0 aliphatic carbocycles. The Morgan fingerprint density at radius 1 is 0.933 bits per heavy atom. The highest BCUT2D eigenvalue weighted by molar-refractivity contribution is 6.07. The highest BCUT2D eigenvalue weighted by Gasteiger charge is 2.24. The van der Waals surface area contributed by atoms with Crippen LogP contribution in [0.15, 0.2) is 60.7 Å². The second-order valence-corrected chi connectivity index (χ2v) is 6.75. The van der Waals surface area contributed by atoms with Crippen LogP contribution in [0.1, 0.15) is 32.1 Å². The number of nitro benzene ring substituents is 1. The van der Waals surface area contributed by atoms with E-state index in [0.717, 1.165) is 11.4 Å². The molecule has 30 heavy (non-hydrogen) atoms. The van der Waals surface area contributed by atoms with Crippen LogP contribution in [0, 0.1) is 24.0 Å². The first-order valence-corrected chi connectivity index (χ1v) is 9.20. The van der Waals surface area contributed by atoms with Gasteiger partial charge in [-0.1, -0.05) is 0 Å². The number of nitrogens with zero attached hydrogens (tertiary/aromatic N) is 3. The average Bonchev–Trinajstić information content (AvgIpc) is 3.09. The minimum absolute atomic E-state index is 0.110. The molecule has 0 saturated carbocycles. The molecule has 0 bridgehead atoms. The predicted octanol–water partition coefficient (Wildman–Crippen LogP) is 3.68. The first-order chi connectivity index (χ1) is 14.3. The molecule has 0 aliphatic rings. The minimum atomic E-state index is -0.528. The summed E-state index contributed by atoms with van der Waals surface area (Å²) in [6.07, 6.45) is 0. The highest BCUT2D eigenvalue weighted by Crippen LogP contribution is 2.17. The van der Waals surface area contributed by atoms with Gasteiger partial charge in [-0.3, -0.25) is 24.4 Å². The molecule has 0 aliphatic heterocycles. The van der Waals surface area contributed by atoms with Gasteiger partial charge in [-0.15, -0.1) is 0 Å². The lowest BCUT2D eigenvalue weighted by molar-refractivity contribution is -0.384. The first kappa shape index (κ1) is 20.8. The number of amides is 1. The molecular formula is C22H21N3O5. The fourth-order valence-corrected chi connectivity index (χ4v) is 3.15. The number of ketones is 1. The van der Waals surface area contributed by atoms with Gasteiger partial charge in [0.25, 0.3) is 11.6 Å². The van der Waals surface area contributed by atoms with E-state index < -0.39 is 10.8 Å². The van der Waals surface area contributed by atoms with E-state index in [4.69, 9.17) is 4.74 Å². The predicted molar refractivity (Wildman–Crippen MR) is 112 cm³/mol. The lowest BCUT2D eigenvalue weighted by Crippen LogP contribution is -2.45. The molecule has 0 N–H and O–H groups in total. The second-order valence-electron chi connectivity index (χ2n) is 6.75. The van der Waals surface area contributed by atoms with E-state index in [-0.39, 0.29) is 23.6 Å². The quantitative estimate of drug-likeness (QED) is 0.338. The summed E-state index contributed by atoms with van der Waals surface area (Å²) in [7, 11) is 1.54. The number of Topliss-reactive ketones (excluding diaryl/α,β-unsaturated/α-hetero) is 1. The monoisotopic (exact) mass is 407 g/mol. The molecule has 1 aromatic heterocycles. The number of benzene rings is 2. The molecule has 0 saturated heterocycles. The third-order valence-corrected chi connectivity index (χ3v) is 4.74. The van der Waals surface area contributed by atoms with Gasteiger partial charge in [0.1, 0.15) is 12.3 Å². The van der Waals surface area contributed by atoms with Crippen molar-refractivity contribution in [3.8, 4) is 5.75 Å². The Bertz CT molecular complexity index is 1070. The van der Waals surface area contributed by atoms with Crippen molar-refractivity contribution < 1.29 is 19.2 Å². The van der Waals surface area contributed by atoms with E-state index in [2.05, 4.69) is 0 Å². The van der Waals surface area contributed by atoms with Crippen molar-refractivity contribution in [2.75, 3.05) is 18.7 Å². The molecule has 0 fully saturated rings. The van der Waals surface area contributed by atoms with Crippen LogP contribution in [-0.4, -0.2) is 34.9 Å². The summed E-state index contributed by atoms with van der Waals surface area (Å²) in [6, 6.07) is 15.7. The molecule has 2 aromatic carbocycles. The van der Waals surface area contributed by atoms with Crippen LogP contribution in [0.4, 0.5) is 5.69 Å². The van der Waals surface area contributed by atoms with Crippen molar-refractivity contribution in [3.63, 3.8) is 0 Å². The first-order valence-electron chi connectivity index (χ1n) is 9.20. The number of ether oxygens (including phenoxy) is 1. The zero-order valence-corrected chi connectivity index (χ0v) is 16.9. The molecule has 0 radical (unpaired) electrons. The Morgan fingerprint density at radius 3 is 1.97 bits per heavy atom. The Labute approximate surface area is 173 Å². The Balaban J connectivity index is 1.95. The van der Waals surface area contributed by atoms with Gasteiger partial charge in [-0.25, -0.2) is 5.01 Å². The van der Waals surface area contributed by atoms with Crippen molar-refractivity contribution in [2.45, 2.75) is 13.8 Å². The van der Waals surface area contributed by atoms with Gasteiger partial charge in [0.15, 0.2) is 5.78 Å². The van der Waals surface area contributed by atoms with E-state index >= 15 is 0 Å². The summed E-state index contributed by atoms with van der Waals surface area (Å²) in [5.74, 6) is -0.0583. The standard InChI is InChI=1S/C22H21N3O5/c1-15-4-5-16(2)24(15)23(14-21(26)17-8-12-20(30-3)13-9-17)22(27)18-6-10-19(11-7-18)25(28)29/h4-13H,14H2,1-3H3. The van der Waals surface area contributed by atoms with Gasteiger partial charge in [0.05, 0.1) is 12.0 Å². The zero-order chi connectivity index (χ0) is 21.8. The van der Waals surface area contributed by atoms with Gasteiger partial charge < -0.3 is 4.74 Å². The molecule has 0 unspecified atom stereocenters. The molecule has 154 valence electrons. The van der Waals surface area contributed by atoms with Gasteiger partial charge in [-0.05, 0) is 62.4 Å². The molecular weight excluding hydrogens is 386 g/mol. The number of nitro groups is 1. The number of rotatable bonds is 7. The molecule has 8 heteroatoms. The van der Waals surface area contributed by atoms with Gasteiger partial charge in [0.2, 0.25) is 0 Å². The van der Waals surface area contributed by atoms with Crippen molar-refractivity contribution in [2.24, 2.45) is 0 Å². The van der Waals surface area contributed by atoms with Crippen LogP contribution in [0.3, 0.4) is 0 Å². The van der Waals surface area contributed by atoms with Crippen LogP contribution in [-0.2, 0) is 0 Å². The zero-order valence-electron chi connectivity index (χ0n) is 16.9. The number of methoxy groups -OCH3 is 1. The third kappa shape index (κ3) is 4.22. The number of hydrogen-bond acceptors (Lipinski definition) is 5. The van der Waals surface area contributed by atoms with Crippen molar-refractivity contribution in [1.29, 1.82) is 0 Å². The maximum atomic E-state index is 13.3. The Morgan fingerprint density at radius 2 is 1.47 bits per heavy atom. The molecule has 0 spiro atoms. The van der Waals surface area contributed by atoms with E-state index in [1.54, 1.807) is 36.1 Å². The number of aryl methyl sites for hydroxylation is 2. The number of non-ortho nitro benzene ring substituents is 1. The summed E-state index contributed by atoms with van der Waals surface area (Å²) < 4.78 is 6.79. The SMILES string of the molecule is COc1ccc(C(=O)CN(C(=O)c2ccc([N+](=O)[O-])cc2)n2c(C)ccc2C)cc1. The fourth-order valence-electron chi connectivity index (χ4n) is 3.15. The summed E-state index contributed by atoms with van der Waals surface area (Å²) in [5.41, 5.74) is 2.15. The maximum Gasteiger partial charge on any atom is 0.273 e. The number of hydrogen-bond donors (Lipinski definition) is 0. The molecule has 1 amide bonds. The minimum Gasteiger partial charge on any atom is -0.497 e. The van der Waals surface area contributed by atoms with E-state index in [0.29, 0.717) is 11.3 Å². The smallest absolute Gasteiger partial charge is 0.273 e. The summed E-state index contributed by atoms with van der Waals surface area (Å²) in [4.78, 5) is 36.5. The lowest BCUT2D eigenvalue weighted by Gasteiger charge is -2.26. The summed E-state index contributed by atoms with van der Waals surface area (Å²) >= 11 is 0. The largest absolute Gasteiger partial charge is 0.497 e. The Kier molecular flexibility index (Phi) is 5.96. The molecule has 1 heterocycles. The highest BCUT2D eigenvalue weighted by atomic mass is 16.6. The number of carbonyl (C=O) groups excluding carboxylic acids is 2. The van der Waals surface area contributed by atoms with Crippen LogP contribution >= 0.6 is 0 Å². The van der Waals surface area contributed by atoms with Crippen molar-refractivity contribution >= 4 is 17.4 Å². The van der Waals surface area contributed by atoms with E-state index in [1.807, 2.05) is 26.0 Å². The second kappa shape index (κ2) is 8.60. The number of aromatic nitrogens is 1. The Hall–Kier alpha value is -3.94. The van der Waals surface area contributed by atoms with Crippen LogP contribution < -0.4 is 9.75 Å². The van der Waals surface area contributed by atoms with Crippen molar-refractivity contribution in [1.82, 2.24) is 4.68 Å². The van der Waals surface area contributed by atoms with Gasteiger partial charge in [0, 0.05) is 34.6 Å². The summed E-state index contributed by atoms with van der Waals surface area (Å²) in [6.45, 7) is 3.47. The molecule has 0 atom stereocenters. The van der Waals surface area contributed by atoms with Crippen LogP contribution in [0.2, 0.25) is 0 Å². The molecule has 3 aromatic rings. The molecule has 8 nitrogen and oxygen atoms in total. The molecule has 3 rings (SSSR count). The summed E-state index contributed by atoms with van der Waals surface area (Å²) in [5, 5.41) is 12.2. The van der Waals surface area contributed by atoms with Crippen LogP contribution in [0.25, 0.3) is 0 Å². The fraction of sp³-hybridized carbons (Fsp3) is 0.182. The van der Waals surface area contributed by atoms with Crippen LogP contribution in [0.5, 0.6) is 5.75 Å². The van der Waals surface area contributed by atoms with E-state index in [1.165, 1.54) is 29.3 Å². The third-order valence-electron chi connectivity index (χ3n) is 4.74. The number of carbonyl (C=O) groups is 2. The van der Waals surface area contributed by atoms with Gasteiger partial charge >= 0.3 is 0 Å². The lowest BCUT2D eigenvalue weighted by atomic mass is 10.1.